The summed E-state index contributed by atoms with van der Waals surface area (Å²) in [6, 6.07) is 5.93. The molecule has 0 aliphatic rings. The molecular formula is C10H13NO5. The van der Waals surface area contributed by atoms with Crippen molar-refractivity contribution in [3.05, 3.63) is 29.8 Å². The van der Waals surface area contributed by atoms with E-state index in [1.807, 2.05) is 0 Å². The number of hydrogen-bond donors (Lipinski definition) is 4. The highest BCUT2D eigenvalue weighted by Crippen LogP contribution is 2.15. The molecule has 0 heterocycles. The summed E-state index contributed by atoms with van der Waals surface area (Å²) in [5.74, 6) is -0.944. The lowest BCUT2D eigenvalue weighted by Gasteiger charge is -2.09. The fourth-order valence-corrected chi connectivity index (χ4v) is 0.969. The van der Waals surface area contributed by atoms with Crippen LogP contribution in [-0.2, 0) is 4.84 Å². The van der Waals surface area contributed by atoms with E-state index < -0.39 is 18.7 Å². The number of aliphatic hydroxyl groups excluding tert-OH is 2. The van der Waals surface area contributed by atoms with Gasteiger partial charge in [-0.1, -0.05) is 12.1 Å². The zero-order chi connectivity index (χ0) is 12.0. The van der Waals surface area contributed by atoms with Crippen LogP contribution in [0.4, 0.5) is 0 Å². The van der Waals surface area contributed by atoms with Gasteiger partial charge in [0.25, 0.3) is 0 Å². The van der Waals surface area contributed by atoms with E-state index in [0.29, 0.717) is 0 Å². The number of carbonyl (C=O) groups excluding carboxylic acids is 1. The topological polar surface area (TPSA) is 99.0 Å². The molecule has 0 saturated carbocycles. The molecule has 6 nitrogen and oxygen atoms in total. The summed E-state index contributed by atoms with van der Waals surface area (Å²) in [6.07, 6.45) is -1.00. The van der Waals surface area contributed by atoms with Crippen LogP contribution in [0.2, 0.25) is 0 Å². The highest BCUT2D eigenvalue weighted by Gasteiger charge is 2.12. The number of phenolic OH excluding ortho intramolecular Hbond substituents is 1. The molecule has 0 radical (unpaired) electrons. The molecule has 0 fully saturated rings. The van der Waals surface area contributed by atoms with E-state index in [4.69, 9.17) is 10.2 Å². The van der Waals surface area contributed by atoms with Gasteiger partial charge in [-0.15, -0.1) is 0 Å². The molecule has 0 amide bonds. The number of nitrogens with one attached hydrogen (secondary N) is 1. The van der Waals surface area contributed by atoms with Crippen LogP contribution < -0.4 is 5.48 Å². The number of para-hydroxylation sites is 1. The van der Waals surface area contributed by atoms with E-state index >= 15 is 0 Å². The van der Waals surface area contributed by atoms with Gasteiger partial charge in [0, 0.05) is 0 Å². The number of aromatic hydroxyl groups is 1. The summed E-state index contributed by atoms with van der Waals surface area (Å²) in [5.41, 5.74) is 2.21. The van der Waals surface area contributed by atoms with Gasteiger partial charge in [-0.05, 0) is 12.1 Å². The molecule has 88 valence electrons. The third-order valence-corrected chi connectivity index (χ3v) is 1.82. The van der Waals surface area contributed by atoms with Crippen LogP contribution in [-0.4, -0.2) is 40.5 Å². The molecule has 0 saturated heterocycles. The number of phenols is 1. The Balaban J connectivity index is 2.44. The van der Waals surface area contributed by atoms with Gasteiger partial charge in [-0.3, -0.25) is 0 Å². The molecule has 0 bridgehead atoms. The number of rotatable bonds is 5. The van der Waals surface area contributed by atoms with Crippen LogP contribution in [0.3, 0.4) is 0 Å². The van der Waals surface area contributed by atoms with E-state index in [1.54, 1.807) is 12.1 Å². The molecular weight excluding hydrogens is 214 g/mol. The van der Waals surface area contributed by atoms with Gasteiger partial charge < -0.3 is 20.2 Å². The first-order chi connectivity index (χ1) is 7.65. The lowest BCUT2D eigenvalue weighted by Crippen LogP contribution is -2.31. The summed E-state index contributed by atoms with van der Waals surface area (Å²) in [7, 11) is 0. The third-order valence-electron chi connectivity index (χ3n) is 1.82. The predicted octanol–water partition coefficient (Wildman–Crippen LogP) is -0.593. The maximum absolute atomic E-state index is 11.3. The number of benzene rings is 1. The van der Waals surface area contributed by atoms with E-state index in [1.165, 1.54) is 12.1 Å². The second kappa shape index (κ2) is 6.06. The van der Waals surface area contributed by atoms with Gasteiger partial charge in [0.2, 0.25) is 0 Å². The van der Waals surface area contributed by atoms with Crippen LogP contribution in [0.25, 0.3) is 0 Å². The van der Waals surface area contributed by atoms with Gasteiger partial charge >= 0.3 is 5.97 Å². The largest absolute Gasteiger partial charge is 0.507 e. The number of hydrogen-bond acceptors (Lipinski definition) is 6. The normalized spacial score (nSPS) is 12.1. The standard InChI is InChI=1S/C10H13NO5/c12-6-7(13)5-11-16-10(15)8-3-1-2-4-9(8)14/h1-4,7,11-14H,5-6H2. The number of carbonyl (C=O) groups is 1. The Morgan fingerprint density at radius 3 is 2.75 bits per heavy atom. The van der Waals surface area contributed by atoms with Gasteiger partial charge in [0.1, 0.15) is 11.3 Å². The summed E-state index contributed by atoms with van der Waals surface area (Å²) >= 11 is 0. The monoisotopic (exact) mass is 227 g/mol. The molecule has 16 heavy (non-hydrogen) atoms. The molecule has 6 heteroatoms. The Kier molecular flexibility index (Phi) is 4.71. The van der Waals surface area contributed by atoms with Crippen LogP contribution in [0.15, 0.2) is 24.3 Å². The van der Waals surface area contributed by atoms with E-state index in [0.717, 1.165) is 0 Å². The Morgan fingerprint density at radius 2 is 2.12 bits per heavy atom. The third kappa shape index (κ3) is 3.50. The minimum Gasteiger partial charge on any atom is -0.507 e. The lowest BCUT2D eigenvalue weighted by atomic mass is 10.2. The molecule has 0 aromatic heterocycles. The lowest BCUT2D eigenvalue weighted by molar-refractivity contribution is 0.00674. The molecule has 0 spiro atoms. The Bertz CT molecular complexity index is 355. The Labute approximate surface area is 92.1 Å². The van der Waals surface area contributed by atoms with Crippen molar-refractivity contribution in [2.45, 2.75) is 6.10 Å². The van der Waals surface area contributed by atoms with Gasteiger partial charge in [-0.25, -0.2) is 4.79 Å². The van der Waals surface area contributed by atoms with E-state index in [2.05, 4.69) is 10.3 Å². The molecule has 0 aliphatic carbocycles. The molecule has 1 aromatic rings. The first-order valence-corrected chi connectivity index (χ1v) is 4.66. The van der Waals surface area contributed by atoms with Crippen molar-refractivity contribution in [1.82, 2.24) is 5.48 Å². The highest BCUT2D eigenvalue weighted by molar-refractivity contribution is 5.92. The fourth-order valence-electron chi connectivity index (χ4n) is 0.969. The molecule has 1 rings (SSSR count). The van der Waals surface area contributed by atoms with Crippen molar-refractivity contribution in [3.8, 4) is 5.75 Å². The Morgan fingerprint density at radius 1 is 1.44 bits per heavy atom. The predicted molar refractivity (Wildman–Crippen MR) is 54.6 cm³/mol. The van der Waals surface area contributed by atoms with Crippen LogP contribution in [0.1, 0.15) is 10.4 Å². The van der Waals surface area contributed by atoms with E-state index in [9.17, 15) is 9.90 Å². The molecule has 1 atom stereocenters. The van der Waals surface area contributed by atoms with Crippen molar-refractivity contribution in [2.75, 3.05) is 13.2 Å². The van der Waals surface area contributed by atoms with Crippen molar-refractivity contribution in [2.24, 2.45) is 0 Å². The smallest absolute Gasteiger partial charge is 0.360 e. The van der Waals surface area contributed by atoms with Crippen molar-refractivity contribution >= 4 is 5.97 Å². The molecule has 1 aromatic carbocycles. The number of hydroxylamine groups is 1. The molecule has 1 unspecified atom stereocenters. The van der Waals surface area contributed by atoms with E-state index in [-0.39, 0.29) is 17.9 Å². The zero-order valence-corrected chi connectivity index (χ0v) is 8.46. The SMILES string of the molecule is O=C(ONCC(O)CO)c1ccccc1O. The van der Waals surface area contributed by atoms with Gasteiger partial charge in [0.05, 0.1) is 19.3 Å². The first-order valence-electron chi connectivity index (χ1n) is 4.66. The van der Waals surface area contributed by atoms with Gasteiger partial charge in [-0.2, -0.15) is 5.48 Å². The zero-order valence-electron chi connectivity index (χ0n) is 8.46. The fraction of sp³-hybridized carbons (Fsp3) is 0.300. The maximum atomic E-state index is 11.3. The number of aliphatic hydroxyl groups is 2. The minimum absolute atomic E-state index is 0.0217. The quantitative estimate of drug-likeness (QED) is 0.502. The molecule has 4 N–H and O–H groups in total. The summed E-state index contributed by atoms with van der Waals surface area (Å²) in [5, 5.41) is 26.8. The van der Waals surface area contributed by atoms with Gasteiger partial charge in [0.15, 0.2) is 0 Å². The second-order valence-corrected chi connectivity index (χ2v) is 3.09. The highest BCUT2D eigenvalue weighted by atomic mass is 16.7. The van der Waals surface area contributed by atoms with Crippen molar-refractivity contribution in [1.29, 1.82) is 0 Å². The van der Waals surface area contributed by atoms with Crippen LogP contribution in [0, 0.1) is 0 Å². The second-order valence-electron chi connectivity index (χ2n) is 3.09. The van der Waals surface area contributed by atoms with Crippen molar-refractivity contribution < 1.29 is 25.0 Å². The first kappa shape index (κ1) is 12.4. The van der Waals surface area contributed by atoms with Crippen molar-refractivity contribution in [3.63, 3.8) is 0 Å². The average molecular weight is 227 g/mol. The minimum atomic E-state index is -1.00. The van der Waals surface area contributed by atoms with Crippen LogP contribution in [0.5, 0.6) is 5.75 Å². The summed E-state index contributed by atoms with van der Waals surface area (Å²) in [6.45, 7) is -0.517. The Hall–Kier alpha value is -1.63. The molecule has 0 aliphatic heterocycles. The van der Waals surface area contributed by atoms with Crippen LogP contribution >= 0.6 is 0 Å². The summed E-state index contributed by atoms with van der Waals surface area (Å²) in [4.78, 5) is 15.9. The summed E-state index contributed by atoms with van der Waals surface area (Å²) < 4.78 is 0. The maximum Gasteiger partial charge on any atom is 0.360 e. The average Bonchev–Trinajstić information content (AvgIpc) is 2.29.